The Morgan fingerprint density at radius 1 is 1.09 bits per heavy atom. The van der Waals surface area contributed by atoms with Gasteiger partial charge in [-0.3, -0.25) is 4.79 Å². The summed E-state index contributed by atoms with van der Waals surface area (Å²) in [5.74, 6) is -5.72. The quantitative estimate of drug-likeness (QED) is 0.559. The van der Waals surface area contributed by atoms with Crippen LogP contribution in [-0.2, 0) is 0 Å². The zero-order valence-electron chi connectivity index (χ0n) is 18.1. The van der Waals surface area contributed by atoms with Crippen molar-refractivity contribution in [2.75, 3.05) is 4.90 Å². The highest BCUT2D eigenvalue weighted by atomic mass is 19.1. The average Bonchev–Trinajstić information content (AvgIpc) is 3.02. The van der Waals surface area contributed by atoms with Crippen molar-refractivity contribution in [2.45, 2.75) is 50.7 Å². The number of halogens is 4. The fourth-order valence-electron chi connectivity index (χ4n) is 5.50. The third-order valence-electron chi connectivity index (χ3n) is 6.96. The lowest BCUT2D eigenvalue weighted by atomic mass is 9.95. The first-order valence-electron chi connectivity index (χ1n) is 10.9. The summed E-state index contributed by atoms with van der Waals surface area (Å²) in [6, 6.07) is 1.99. The molecule has 2 aromatic carbocycles. The summed E-state index contributed by atoms with van der Waals surface area (Å²) < 4.78 is 61.0. The molecule has 2 unspecified atom stereocenters. The lowest BCUT2D eigenvalue weighted by Gasteiger charge is -2.40. The summed E-state index contributed by atoms with van der Waals surface area (Å²) >= 11 is 0. The van der Waals surface area contributed by atoms with E-state index in [9.17, 15) is 23.5 Å². The van der Waals surface area contributed by atoms with Crippen LogP contribution in [0.1, 0.15) is 41.6 Å². The molecular formula is C24H21F4N3O3. The molecule has 34 heavy (non-hydrogen) atoms. The summed E-state index contributed by atoms with van der Waals surface area (Å²) in [6.07, 6.45) is 3.28. The molecule has 0 radical (unpaired) electrons. The summed E-state index contributed by atoms with van der Waals surface area (Å²) in [4.78, 5) is 26.4. The number of nitrogens with two attached hydrogens (primary N) is 1. The van der Waals surface area contributed by atoms with Crippen molar-refractivity contribution in [1.29, 1.82) is 0 Å². The standard InChI is InChI=1S/C24H21F4N3O3/c1-10-18-21(20(28)22(19(10)27)31-13-3-4-14(31)8-12(29)7-13)30(9-15(23(18)32)24(33)34)17-5-2-11(25)6-16(17)26/h2,5-6,9,12-14H,3-4,7-8,29H2,1H3,(H,33,34). The van der Waals surface area contributed by atoms with Crippen LogP contribution < -0.4 is 16.1 Å². The van der Waals surface area contributed by atoms with E-state index in [0.717, 1.165) is 22.9 Å². The number of fused-ring (bicyclic) bond motifs is 3. The molecule has 0 spiro atoms. The van der Waals surface area contributed by atoms with E-state index in [1.165, 1.54) is 6.92 Å². The number of aryl methyl sites for hydroxylation is 1. The second kappa shape index (κ2) is 7.83. The molecule has 10 heteroatoms. The fourth-order valence-corrected chi connectivity index (χ4v) is 5.50. The van der Waals surface area contributed by atoms with Crippen molar-refractivity contribution in [3.63, 3.8) is 0 Å². The third kappa shape index (κ3) is 3.19. The minimum absolute atomic E-state index is 0.0916. The van der Waals surface area contributed by atoms with Crippen molar-refractivity contribution in [3.8, 4) is 5.69 Å². The van der Waals surface area contributed by atoms with Crippen LogP contribution in [0.4, 0.5) is 23.2 Å². The molecule has 2 saturated heterocycles. The van der Waals surface area contributed by atoms with Gasteiger partial charge in [0.05, 0.1) is 16.6 Å². The Bertz CT molecular complexity index is 1410. The molecule has 6 nitrogen and oxygen atoms in total. The number of nitrogens with zero attached hydrogens (tertiary/aromatic N) is 2. The lowest BCUT2D eigenvalue weighted by Crippen LogP contribution is -2.48. The summed E-state index contributed by atoms with van der Waals surface area (Å²) in [5.41, 5.74) is 2.77. The number of carbonyl (C=O) groups is 1. The molecule has 2 atom stereocenters. The van der Waals surface area contributed by atoms with Crippen LogP contribution >= 0.6 is 0 Å². The number of hydrogen-bond donors (Lipinski definition) is 2. The molecule has 0 amide bonds. The number of pyridine rings is 1. The number of hydrogen-bond acceptors (Lipinski definition) is 4. The maximum atomic E-state index is 16.2. The highest BCUT2D eigenvalue weighted by molar-refractivity contribution is 5.96. The Kier molecular flexibility index (Phi) is 5.16. The highest BCUT2D eigenvalue weighted by Gasteiger charge is 2.43. The lowest BCUT2D eigenvalue weighted by molar-refractivity contribution is 0.0695. The number of anilines is 1. The average molecular weight is 475 g/mol. The van der Waals surface area contributed by atoms with E-state index < -0.39 is 51.1 Å². The van der Waals surface area contributed by atoms with Gasteiger partial charge in [0, 0.05) is 36.0 Å². The van der Waals surface area contributed by atoms with E-state index in [4.69, 9.17) is 5.73 Å². The van der Waals surface area contributed by atoms with Gasteiger partial charge in [0.1, 0.15) is 22.9 Å². The van der Waals surface area contributed by atoms with Gasteiger partial charge in [0.15, 0.2) is 11.6 Å². The van der Waals surface area contributed by atoms with Crippen molar-refractivity contribution in [2.24, 2.45) is 5.73 Å². The molecule has 3 heterocycles. The molecule has 2 bridgehead atoms. The number of benzene rings is 2. The fraction of sp³-hybridized carbons (Fsp3) is 0.333. The zero-order valence-corrected chi connectivity index (χ0v) is 18.1. The Hall–Kier alpha value is -3.40. The van der Waals surface area contributed by atoms with Gasteiger partial charge in [-0.15, -0.1) is 0 Å². The molecule has 2 fully saturated rings. The van der Waals surface area contributed by atoms with E-state index in [2.05, 4.69) is 0 Å². The Balaban J connectivity index is 1.89. The zero-order chi connectivity index (χ0) is 24.5. The first kappa shape index (κ1) is 22.4. The number of aromatic carboxylic acids is 1. The van der Waals surface area contributed by atoms with Crippen LogP contribution in [0.15, 0.2) is 29.2 Å². The molecule has 178 valence electrons. The molecule has 0 saturated carbocycles. The van der Waals surface area contributed by atoms with Crippen molar-refractivity contribution in [3.05, 3.63) is 69.0 Å². The highest BCUT2D eigenvalue weighted by Crippen LogP contribution is 2.44. The van der Waals surface area contributed by atoms with Crippen LogP contribution in [-0.4, -0.2) is 33.8 Å². The maximum Gasteiger partial charge on any atom is 0.341 e. The van der Waals surface area contributed by atoms with Crippen molar-refractivity contribution in [1.82, 2.24) is 4.57 Å². The molecule has 2 aliphatic rings. The van der Waals surface area contributed by atoms with Crippen molar-refractivity contribution < 1.29 is 27.5 Å². The van der Waals surface area contributed by atoms with Crippen LogP contribution in [0.25, 0.3) is 16.6 Å². The molecule has 2 aliphatic heterocycles. The van der Waals surface area contributed by atoms with Crippen LogP contribution in [0.3, 0.4) is 0 Å². The summed E-state index contributed by atoms with van der Waals surface area (Å²) in [7, 11) is 0. The Morgan fingerprint density at radius 3 is 2.32 bits per heavy atom. The van der Waals surface area contributed by atoms with Gasteiger partial charge < -0.3 is 20.3 Å². The van der Waals surface area contributed by atoms with Crippen LogP contribution in [0.2, 0.25) is 0 Å². The second-order valence-corrected chi connectivity index (χ2v) is 8.99. The van der Waals surface area contributed by atoms with E-state index in [1.807, 2.05) is 0 Å². The van der Waals surface area contributed by atoms with Crippen molar-refractivity contribution >= 4 is 22.6 Å². The third-order valence-corrected chi connectivity index (χ3v) is 6.96. The minimum atomic E-state index is -1.64. The molecule has 5 rings (SSSR count). The van der Waals surface area contributed by atoms with Gasteiger partial charge in [-0.1, -0.05) is 0 Å². The van der Waals surface area contributed by atoms with Crippen LogP contribution in [0.5, 0.6) is 0 Å². The number of rotatable bonds is 3. The first-order chi connectivity index (χ1) is 16.1. The van der Waals surface area contributed by atoms with Crippen LogP contribution in [0, 0.1) is 30.2 Å². The van der Waals surface area contributed by atoms with Gasteiger partial charge in [-0.05, 0) is 44.7 Å². The Morgan fingerprint density at radius 2 is 1.74 bits per heavy atom. The van der Waals surface area contributed by atoms with Gasteiger partial charge in [-0.25, -0.2) is 22.4 Å². The smallest absolute Gasteiger partial charge is 0.341 e. The largest absolute Gasteiger partial charge is 0.477 e. The maximum absolute atomic E-state index is 16.2. The minimum Gasteiger partial charge on any atom is -0.477 e. The monoisotopic (exact) mass is 475 g/mol. The van der Waals surface area contributed by atoms with Gasteiger partial charge in [-0.2, -0.15) is 0 Å². The molecule has 3 N–H and O–H groups in total. The number of carboxylic acid groups (broad SMARTS) is 1. The predicted molar refractivity (Wildman–Crippen MR) is 118 cm³/mol. The van der Waals surface area contributed by atoms with E-state index in [-0.39, 0.29) is 35.1 Å². The van der Waals surface area contributed by atoms with Gasteiger partial charge in [0.2, 0.25) is 5.43 Å². The van der Waals surface area contributed by atoms with Gasteiger partial charge >= 0.3 is 5.97 Å². The molecule has 1 aromatic heterocycles. The number of carboxylic acids is 1. The number of piperidine rings is 1. The normalized spacial score (nSPS) is 21.9. The SMILES string of the molecule is Cc1c(F)c(N2C3CCC2CC(N)C3)c(F)c2c1c(=O)c(C(=O)O)cn2-c1ccc(F)cc1F. The number of aromatic nitrogens is 1. The van der Waals surface area contributed by atoms with Gasteiger partial charge in [0.25, 0.3) is 0 Å². The van der Waals surface area contributed by atoms with E-state index in [1.54, 1.807) is 4.90 Å². The predicted octanol–water partition coefficient (Wildman–Crippen LogP) is 4.01. The molecular weight excluding hydrogens is 454 g/mol. The Labute approximate surface area is 191 Å². The topological polar surface area (TPSA) is 88.6 Å². The first-order valence-corrected chi connectivity index (χ1v) is 10.9. The summed E-state index contributed by atoms with van der Waals surface area (Å²) in [5, 5.41) is 9.02. The molecule has 0 aliphatic carbocycles. The molecule has 3 aromatic rings. The van der Waals surface area contributed by atoms with E-state index >= 15 is 8.78 Å². The summed E-state index contributed by atoms with van der Waals surface area (Å²) in [6.45, 7) is 1.26. The second-order valence-electron chi connectivity index (χ2n) is 8.99. The van der Waals surface area contributed by atoms with E-state index in [0.29, 0.717) is 31.7 Å².